The monoisotopic (exact) mass is 211 g/mol. The first-order chi connectivity index (χ1) is 7.25. The largest absolute Gasteiger partial charge is 0.328 e. The van der Waals surface area contributed by atoms with Crippen LogP contribution in [0.25, 0.3) is 0 Å². The van der Waals surface area contributed by atoms with E-state index in [-0.39, 0.29) is 0 Å². The molecule has 2 aliphatic rings. The molecule has 1 aliphatic carbocycles. The molecular formula is C12H25N3. The van der Waals surface area contributed by atoms with Crippen molar-refractivity contribution in [2.45, 2.75) is 44.2 Å². The van der Waals surface area contributed by atoms with E-state index in [0.717, 1.165) is 6.04 Å². The highest BCUT2D eigenvalue weighted by atomic mass is 15.2. The molecule has 1 heterocycles. The first-order valence-electron chi connectivity index (χ1n) is 6.44. The molecule has 1 saturated heterocycles. The van der Waals surface area contributed by atoms with Crippen LogP contribution < -0.4 is 5.73 Å². The average molecular weight is 211 g/mol. The van der Waals surface area contributed by atoms with Crippen molar-refractivity contribution in [2.75, 3.05) is 33.2 Å². The summed E-state index contributed by atoms with van der Waals surface area (Å²) < 4.78 is 0. The van der Waals surface area contributed by atoms with Crippen molar-refractivity contribution in [3.8, 4) is 0 Å². The second kappa shape index (κ2) is 5.28. The molecule has 2 fully saturated rings. The summed E-state index contributed by atoms with van der Waals surface area (Å²) >= 11 is 0. The lowest BCUT2D eigenvalue weighted by molar-refractivity contribution is 0.152. The Morgan fingerprint density at radius 3 is 2.67 bits per heavy atom. The molecule has 0 aromatic carbocycles. The lowest BCUT2D eigenvalue weighted by atomic mass is 9.90. The highest BCUT2D eigenvalue weighted by molar-refractivity contribution is 4.83. The quantitative estimate of drug-likeness (QED) is 0.699. The molecule has 3 nitrogen and oxygen atoms in total. The normalized spacial score (nSPS) is 36.4. The first kappa shape index (κ1) is 11.4. The summed E-state index contributed by atoms with van der Waals surface area (Å²) in [5.41, 5.74) is 6.06. The van der Waals surface area contributed by atoms with E-state index in [0.29, 0.717) is 6.04 Å². The predicted octanol–water partition coefficient (Wildman–Crippen LogP) is 0.894. The number of likely N-dealkylation sites (N-methyl/N-ethyl adjacent to an activating group) is 1. The standard InChI is InChI=1S/C12H25N3/c1-14-6-3-7-15(9-8-14)12-5-2-4-11(13)10-12/h11-12H,2-10,13H2,1H3. The van der Waals surface area contributed by atoms with Gasteiger partial charge in [-0.15, -0.1) is 0 Å². The van der Waals surface area contributed by atoms with Crippen molar-refractivity contribution < 1.29 is 0 Å². The lowest BCUT2D eigenvalue weighted by Crippen LogP contribution is -2.44. The molecule has 0 aromatic rings. The maximum absolute atomic E-state index is 6.06. The van der Waals surface area contributed by atoms with Gasteiger partial charge in [0.15, 0.2) is 0 Å². The summed E-state index contributed by atoms with van der Waals surface area (Å²) in [5, 5.41) is 0. The number of hydrogen-bond acceptors (Lipinski definition) is 3. The van der Waals surface area contributed by atoms with Crippen LogP contribution in [0.2, 0.25) is 0 Å². The molecule has 2 N–H and O–H groups in total. The topological polar surface area (TPSA) is 32.5 Å². The van der Waals surface area contributed by atoms with Gasteiger partial charge in [0.05, 0.1) is 0 Å². The lowest BCUT2D eigenvalue weighted by Gasteiger charge is -2.35. The smallest absolute Gasteiger partial charge is 0.0112 e. The molecule has 0 radical (unpaired) electrons. The third-order valence-corrected chi connectivity index (χ3v) is 3.96. The fourth-order valence-corrected chi connectivity index (χ4v) is 2.96. The molecule has 0 bridgehead atoms. The molecule has 3 heteroatoms. The van der Waals surface area contributed by atoms with E-state index in [9.17, 15) is 0 Å². The second-order valence-electron chi connectivity index (χ2n) is 5.27. The molecule has 1 saturated carbocycles. The SMILES string of the molecule is CN1CCCN(C2CCCC(N)C2)CC1. The van der Waals surface area contributed by atoms with E-state index in [4.69, 9.17) is 5.73 Å². The minimum atomic E-state index is 0.463. The summed E-state index contributed by atoms with van der Waals surface area (Å²) in [6, 6.07) is 1.24. The average Bonchev–Trinajstić information content (AvgIpc) is 2.43. The third-order valence-electron chi connectivity index (χ3n) is 3.96. The Bertz CT molecular complexity index is 195. The molecule has 0 spiro atoms. The molecule has 1 aliphatic heterocycles. The Kier molecular flexibility index (Phi) is 4.00. The van der Waals surface area contributed by atoms with E-state index < -0.39 is 0 Å². The van der Waals surface area contributed by atoms with Crippen molar-refractivity contribution in [3.63, 3.8) is 0 Å². The van der Waals surface area contributed by atoms with Crippen LogP contribution in [0, 0.1) is 0 Å². The zero-order valence-electron chi connectivity index (χ0n) is 9.99. The molecular weight excluding hydrogens is 186 g/mol. The number of hydrogen-bond donors (Lipinski definition) is 1. The van der Waals surface area contributed by atoms with Crippen LogP contribution >= 0.6 is 0 Å². The van der Waals surface area contributed by atoms with Gasteiger partial charge in [0.2, 0.25) is 0 Å². The van der Waals surface area contributed by atoms with Gasteiger partial charge in [-0.2, -0.15) is 0 Å². The number of rotatable bonds is 1. The van der Waals surface area contributed by atoms with Gasteiger partial charge in [-0.05, 0) is 45.8 Å². The minimum Gasteiger partial charge on any atom is -0.328 e. The van der Waals surface area contributed by atoms with E-state index in [2.05, 4.69) is 16.8 Å². The fourth-order valence-electron chi connectivity index (χ4n) is 2.96. The molecule has 0 amide bonds. The number of nitrogens with two attached hydrogens (primary N) is 1. The van der Waals surface area contributed by atoms with Crippen LogP contribution in [-0.4, -0.2) is 55.1 Å². The highest BCUT2D eigenvalue weighted by Crippen LogP contribution is 2.22. The van der Waals surface area contributed by atoms with Crippen molar-refractivity contribution in [3.05, 3.63) is 0 Å². The second-order valence-corrected chi connectivity index (χ2v) is 5.27. The van der Waals surface area contributed by atoms with Crippen LogP contribution in [-0.2, 0) is 0 Å². The van der Waals surface area contributed by atoms with Crippen LogP contribution in [0.4, 0.5) is 0 Å². The van der Waals surface area contributed by atoms with Crippen molar-refractivity contribution in [1.29, 1.82) is 0 Å². The Hall–Kier alpha value is -0.120. The van der Waals surface area contributed by atoms with Gasteiger partial charge in [-0.3, -0.25) is 4.90 Å². The van der Waals surface area contributed by atoms with Gasteiger partial charge in [-0.25, -0.2) is 0 Å². The van der Waals surface area contributed by atoms with Gasteiger partial charge >= 0.3 is 0 Å². The summed E-state index contributed by atoms with van der Waals surface area (Å²) in [6.07, 6.45) is 6.49. The van der Waals surface area contributed by atoms with Crippen molar-refractivity contribution >= 4 is 0 Å². The maximum Gasteiger partial charge on any atom is 0.0112 e. The van der Waals surface area contributed by atoms with E-state index in [1.165, 1.54) is 58.3 Å². The zero-order chi connectivity index (χ0) is 10.7. The Balaban J connectivity index is 1.85. The van der Waals surface area contributed by atoms with Gasteiger partial charge in [0.25, 0.3) is 0 Å². The van der Waals surface area contributed by atoms with Crippen LogP contribution in [0.3, 0.4) is 0 Å². The third kappa shape index (κ3) is 3.16. The summed E-state index contributed by atoms with van der Waals surface area (Å²) in [5.74, 6) is 0. The molecule has 2 rings (SSSR count). The molecule has 2 unspecified atom stereocenters. The molecule has 88 valence electrons. The number of nitrogens with zero attached hydrogens (tertiary/aromatic N) is 2. The zero-order valence-corrected chi connectivity index (χ0v) is 9.99. The Morgan fingerprint density at radius 1 is 1.00 bits per heavy atom. The summed E-state index contributed by atoms with van der Waals surface area (Å²) in [7, 11) is 2.23. The van der Waals surface area contributed by atoms with Crippen LogP contribution in [0.5, 0.6) is 0 Å². The predicted molar refractivity (Wildman–Crippen MR) is 63.9 cm³/mol. The minimum absolute atomic E-state index is 0.463. The van der Waals surface area contributed by atoms with Crippen molar-refractivity contribution in [2.24, 2.45) is 5.73 Å². The van der Waals surface area contributed by atoms with E-state index >= 15 is 0 Å². The van der Waals surface area contributed by atoms with E-state index in [1.807, 2.05) is 0 Å². The van der Waals surface area contributed by atoms with Gasteiger partial charge < -0.3 is 10.6 Å². The molecule has 2 atom stereocenters. The van der Waals surface area contributed by atoms with Crippen LogP contribution in [0.1, 0.15) is 32.1 Å². The summed E-state index contributed by atoms with van der Waals surface area (Å²) in [6.45, 7) is 5.01. The van der Waals surface area contributed by atoms with Gasteiger partial charge in [0.1, 0.15) is 0 Å². The fraction of sp³-hybridized carbons (Fsp3) is 1.00. The maximum atomic E-state index is 6.06. The van der Waals surface area contributed by atoms with E-state index in [1.54, 1.807) is 0 Å². The summed E-state index contributed by atoms with van der Waals surface area (Å²) in [4.78, 5) is 5.13. The Labute approximate surface area is 93.6 Å². The molecule has 0 aromatic heterocycles. The first-order valence-corrected chi connectivity index (χ1v) is 6.44. The Morgan fingerprint density at radius 2 is 1.87 bits per heavy atom. The van der Waals surface area contributed by atoms with Crippen LogP contribution in [0.15, 0.2) is 0 Å². The van der Waals surface area contributed by atoms with Gasteiger partial charge in [-0.1, -0.05) is 6.42 Å². The highest BCUT2D eigenvalue weighted by Gasteiger charge is 2.25. The molecule has 15 heavy (non-hydrogen) atoms. The van der Waals surface area contributed by atoms with Gasteiger partial charge in [0, 0.05) is 25.2 Å². The van der Waals surface area contributed by atoms with Crippen molar-refractivity contribution in [1.82, 2.24) is 9.80 Å².